The first-order chi connectivity index (χ1) is 19.0. The number of carbonyl (C=O) groups excluding carboxylic acids is 2. The van der Waals surface area contributed by atoms with Crippen LogP contribution in [0.3, 0.4) is 0 Å². The Labute approximate surface area is 250 Å². The third-order valence-corrected chi connectivity index (χ3v) is 7.84. The first-order valence-corrected chi connectivity index (χ1v) is 16.2. The summed E-state index contributed by atoms with van der Waals surface area (Å²) >= 11 is 2.09. The SMILES string of the molecule is CCCCCCCC/C=C\CCCCCCCCCCCC(=O)OCC(=O)NCc1cc(OC)c(O)cc1I. The Kier molecular flexibility index (Phi) is 21.8. The number of hydrogen-bond donors (Lipinski definition) is 2. The van der Waals surface area contributed by atoms with E-state index in [1.165, 1.54) is 97.0 Å². The molecule has 222 valence electrons. The van der Waals surface area contributed by atoms with Gasteiger partial charge in [0.15, 0.2) is 18.1 Å². The number of unbranched alkanes of at least 4 members (excludes halogenated alkanes) is 15. The third-order valence-electron chi connectivity index (χ3n) is 6.83. The highest BCUT2D eigenvalue weighted by Crippen LogP contribution is 2.30. The van der Waals surface area contributed by atoms with Crippen LogP contribution in [0.4, 0.5) is 0 Å². The number of carbonyl (C=O) groups is 2. The quantitative estimate of drug-likeness (QED) is 0.0503. The van der Waals surface area contributed by atoms with Crippen molar-refractivity contribution in [3.63, 3.8) is 0 Å². The minimum absolute atomic E-state index is 0.0542. The van der Waals surface area contributed by atoms with Gasteiger partial charge in [0.1, 0.15) is 0 Å². The predicted molar refractivity (Wildman–Crippen MR) is 168 cm³/mol. The molecule has 0 heterocycles. The Bertz CT molecular complexity index is 827. The fraction of sp³-hybridized carbons (Fsp3) is 0.688. The molecule has 7 heteroatoms. The molecule has 39 heavy (non-hydrogen) atoms. The van der Waals surface area contributed by atoms with E-state index in [1.807, 2.05) is 0 Å². The van der Waals surface area contributed by atoms with Crippen molar-refractivity contribution >= 4 is 34.5 Å². The van der Waals surface area contributed by atoms with Gasteiger partial charge in [0.05, 0.1) is 7.11 Å². The number of phenols is 1. The van der Waals surface area contributed by atoms with E-state index in [4.69, 9.17) is 9.47 Å². The van der Waals surface area contributed by atoms with Crippen LogP contribution in [0.1, 0.15) is 128 Å². The van der Waals surface area contributed by atoms with E-state index in [1.54, 1.807) is 12.1 Å². The molecular weight excluding hydrogens is 605 g/mol. The van der Waals surface area contributed by atoms with Crippen LogP contribution in [0.15, 0.2) is 24.3 Å². The summed E-state index contributed by atoms with van der Waals surface area (Å²) in [6.45, 7) is 2.25. The summed E-state index contributed by atoms with van der Waals surface area (Å²) in [6, 6.07) is 3.26. The van der Waals surface area contributed by atoms with Gasteiger partial charge in [-0.15, -0.1) is 0 Å². The third kappa shape index (κ3) is 19.0. The molecule has 1 amide bonds. The van der Waals surface area contributed by atoms with Crippen molar-refractivity contribution in [2.45, 2.75) is 129 Å². The van der Waals surface area contributed by atoms with Crippen LogP contribution < -0.4 is 10.1 Å². The number of allylic oxidation sites excluding steroid dienone is 2. The Morgan fingerprint density at radius 2 is 1.38 bits per heavy atom. The molecule has 0 saturated heterocycles. The summed E-state index contributed by atoms with van der Waals surface area (Å²) in [5, 5.41) is 12.5. The van der Waals surface area contributed by atoms with Crippen molar-refractivity contribution in [1.82, 2.24) is 5.32 Å². The van der Waals surface area contributed by atoms with Crippen molar-refractivity contribution in [1.29, 1.82) is 0 Å². The minimum Gasteiger partial charge on any atom is -0.504 e. The smallest absolute Gasteiger partial charge is 0.306 e. The number of ether oxygens (including phenoxy) is 2. The van der Waals surface area contributed by atoms with Gasteiger partial charge in [0, 0.05) is 16.5 Å². The molecule has 0 fully saturated rings. The second kappa shape index (κ2) is 24.1. The number of methoxy groups -OCH3 is 1. The molecule has 0 unspecified atom stereocenters. The average molecular weight is 658 g/mol. The molecule has 0 saturated carbocycles. The van der Waals surface area contributed by atoms with Crippen molar-refractivity contribution in [2.75, 3.05) is 13.7 Å². The van der Waals surface area contributed by atoms with E-state index >= 15 is 0 Å². The lowest BCUT2D eigenvalue weighted by Gasteiger charge is -2.11. The topological polar surface area (TPSA) is 84.9 Å². The average Bonchev–Trinajstić information content (AvgIpc) is 2.92. The zero-order chi connectivity index (χ0) is 28.6. The Balaban J connectivity index is 1.91. The number of benzene rings is 1. The Morgan fingerprint density at radius 3 is 1.95 bits per heavy atom. The van der Waals surface area contributed by atoms with Crippen molar-refractivity contribution < 1.29 is 24.2 Å². The van der Waals surface area contributed by atoms with Gasteiger partial charge in [-0.3, -0.25) is 9.59 Å². The molecule has 1 rings (SSSR count). The van der Waals surface area contributed by atoms with Crippen molar-refractivity contribution in [2.24, 2.45) is 0 Å². The van der Waals surface area contributed by atoms with Crippen molar-refractivity contribution in [3.8, 4) is 11.5 Å². The van der Waals surface area contributed by atoms with Gasteiger partial charge in [-0.25, -0.2) is 0 Å². The van der Waals surface area contributed by atoms with Gasteiger partial charge >= 0.3 is 5.97 Å². The highest BCUT2D eigenvalue weighted by Gasteiger charge is 2.11. The fourth-order valence-corrected chi connectivity index (χ4v) is 5.04. The van der Waals surface area contributed by atoms with Gasteiger partial charge in [-0.2, -0.15) is 0 Å². The summed E-state index contributed by atoms with van der Waals surface area (Å²) in [7, 11) is 1.48. The number of nitrogens with one attached hydrogen (secondary N) is 1. The molecule has 6 nitrogen and oxygen atoms in total. The molecule has 0 bridgehead atoms. The molecule has 0 radical (unpaired) electrons. The minimum atomic E-state index is -0.351. The summed E-state index contributed by atoms with van der Waals surface area (Å²) in [4.78, 5) is 24.0. The van der Waals surface area contributed by atoms with Crippen LogP contribution in [-0.4, -0.2) is 30.7 Å². The standard InChI is InChI=1S/C32H52INO5/c1-3-4-5-6-7-8-9-10-11-12-13-14-15-16-17-18-19-20-21-22-32(37)39-26-31(36)34-25-27-23-30(38-2)29(35)24-28(27)33/h10-11,23-24,35H,3-9,12-22,25-26H2,1-2H3,(H,34,36)/b11-10-. The van der Waals surface area contributed by atoms with E-state index in [2.05, 4.69) is 47.0 Å². The van der Waals surface area contributed by atoms with Gasteiger partial charge in [0.2, 0.25) is 0 Å². The maximum atomic E-state index is 12.0. The van der Waals surface area contributed by atoms with Gasteiger partial charge in [0.25, 0.3) is 5.91 Å². The second-order valence-corrected chi connectivity index (χ2v) is 11.5. The maximum Gasteiger partial charge on any atom is 0.306 e. The van der Waals surface area contributed by atoms with Gasteiger partial charge < -0.3 is 19.9 Å². The molecule has 0 aliphatic carbocycles. The van der Waals surface area contributed by atoms with Crippen LogP contribution in [-0.2, 0) is 20.9 Å². The molecule has 1 aromatic rings. The first-order valence-electron chi connectivity index (χ1n) is 15.1. The lowest BCUT2D eigenvalue weighted by Crippen LogP contribution is -2.28. The van der Waals surface area contributed by atoms with Crippen LogP contribution >= 0.6 is 22.6 Å². The number of phenolic OH excluding ortho intramolecular Hbond substituents is 1. The molecule has 0 atom stereocenters. The maximum absolute atomic E-state index is 12.0. The second-order valence-electron chi connectivity index (χ2n) is 10.3. The van der Waals surface area contributed by atoms with E-state index in [0.717, 1.165) is 28.4 Å². The van der Waals surface area contributed by atoms with E-state index in [-0.39, 0.29) is 30.8 Å². The number of amides is 1. The predicted octanol–water partition coefficient (Wildman–Crippen LogP) is 8.76. The van der Waals surface area contributed by atoms with Crippen LogP contribution in [0.5, 0.6) is 11.5 Å². The van der Waals surface area contributed by atoms with Crippen molar-refractivity contribution in [3.05, 3.63) is 33.4 Å². The molecule has 0 aromatic heterocycles. The molecule has 1 aromatic carbocycles. The van der Waals surface area contributed by atoms with Gasteiger partial charge in [-0.05, 0) is 72.4 Å². The van der Waals surface area contributed by atoms with Gasteiger partial charge in [-0.1, -0.05) is 96.1 Å². The number of hydrogen-bond acceptors (Lipinski definition) is 5. The highest BCUT2D eigenvalue weighted by atomic mass is 127. The van der Waals surface area contributed by atoms with E-state index in [0.29, 0.717) is 12.2 Å². The lowest BCUT2D eigenvalue weighted by molar-refractivity contribution is -0.148. The summed E-state index contributed by atoms with van der Waals surface area (Å²) in [5.74, 6) is -0.274. The zero-order valence-corrected chi connectivity index (χ0v) is 26.6. The summed E-state index contributed by atoms with van der Waals surface area (Å²) in [5.41, 5.74) is 0.816. The van der Waals surface area contributed by atoms with E-state index < -0.39 is 0 Å². The molecule has 2 N–H and O–H groups in total. The zero-order valence-electron chi connectivity index (χ0n) is 24.4. The van der Waals surface area contributed by atoms with Crippen LogP contribution in [0.2, 0.25) is 0 Å². The fourth-order valence-electron chi connectivity index (χ4n) is 4.39. The molecule has 0 spiro atoms. The number of halogens is 1. The van der Waals surface area contributed by atoms with E-state index in [9.17, 15) is 14.7 Å². The van der Waals surface area contributed by atoms with Crippen LogP contribution in [0, 0.1) is 3.57 Å². The normalized spacial score (nSPS) is 11.2. The number of aromatic hydroxyl groups is 1. The highest BCUT2D eigenvalue weighted by molar-refractivity contribution is 14.1. The largest absolute Gasteiger partial charge is 0.504 e. The summed E-state index contributed by atoms with van der Waals surface area (Å²) < 4.78 is 11.0. The number of rotatable bonds is 24. The Hall–Kier alpha value is -1.77. The molecule has 0 aliphatic rings. The lowest BCUT2D eigenvalue weighted by atomic mass is 10.1. The first kappa shape index (κ1) is 35.3. The summed E-state index contributed by atoms with van der Waals surface area (Å²) in [6.07, 6.45) is 26.5. The Morgan fingerprint density at radius 1 is 0.846 bits per heavy atom. The molecular formula is C32H52INO5. The molecule has 0 aliphatic heterocycles. The number of esters is 1. The monoisotopic (exact) mass is 657 g/mol. The van der Waals surface area contributed by atoms with Crippen LogP contribution in [0.25, 0.3) is 0 Å².